The molecule has 1 aliphatic carbocycles. The van der Waals surface area contributed by atoms with E-state index in [2.05, 4.69) is 62.4 Å². The molecule has 0 aromatic heterocycles. The van der Waals surface area contributed by atoms with E-state index < -0.39 is 5.79 Å². The number of hydrogen-bond acceptors (Lipinski definition) is 4. The number of likely N-dealkylation sites (N-methyl/N-ethyl adjacent to an activating group) is 1. The molecule has 0 bridgehead atoms. The highest BCUT2D eigenvalue weighted by Gasteiger charge is 2.54. The molecule has 1 spiro atoms. The number of amides is 1. The number of rotatable bonds is 5. The summed E-state index contributed by atoms with van der Waals surface area (Å²) in [6.45, 7) is 10.7. The average Bonchev–Trinajstić information content (AvgIpc) is 3.25. The van der Waals surface area contributed by atoms with Crippen molar-refractivity contribution < 1.29 is 14.3 Å². The number of nitrogens with zero attached hydrogens (tertiary/aromatic N) is 2. The molecular formula is C26H38Br2N2O3. The molecule has 33 heavy (non-hydrogen) atoms. The standard InChI is InChI=1S/C26H38Br2N2O3/c1-4-30(23(31)16-19-10-11-20(27)21(28)15-19)24-22(29-13-7-8-14-29)9-5-6-12-26(24)32-17-25(2,3)18-33-26/h10-11,15,22,24H,4-9,12-14,16-18H2,1-3H3. The number of ether oxygens (including phenoxy) is 2. The average molecular weight is 586 g/mol. The minimum absolute atomic E-state index is 0.00397. The smallest absolute Gasteiger partial charge is 0.227 e. The second-order valence-corrected chi connectivity index (χ2v) is 12.4. The first-order valence-electron chi connectivity index (χ1n) is 12.5. The van der Waals surface area contributed by atoms with E-state index in [-0.39, 0.29) is 23.4 Å². The molecule has 4 rings (SSSR count). The van der Waals surface area contributed by atoms with Gasteiger partial charge < -0.3 is 14.4 Å². The molecule has 2 saturated heterocycles. The van der Waals surface area contributed by atoms with Crippen LogP contribution in [0.15, 0.2) is 27.1 Å². The van der Waals surface area contributed by atoms with Gasteiger partial charge in [-0.2, -0.15) is 0 Å². The summed E-state index contributed by atoms with van der Waals surface area (Å²) in [6, 6.07) is 6.24. The van der Waals surface area contributed by atoms with Crippen LogP contribution in [0.25, 0.3) is 0 Å². The summed E-state index contributed by atoms with van der Waals surface area (Å²) in [5.41, 5.74) is 1.01. The van der Waals surface area contributed by atoms with Gasteiger partial charge in [0.1, 0.15) is 6.04 Å². The summed E-state index contributed by atoms with van der Waals surface area (Å²) >= 11 is 7.11. The van der Waals surface area contributed by atoms with Crippen molar-refractivity contribution in [2.45, 2.75) is 83.6 Å². The quantitative estimate of drug-likeness (QED) is 0.439. The Balaban J connectivity index is 1.67. The number of benzene rings is 1. The van der Waals surface area contributed by atoms with Crippen LogP contribution in [0.4, 0.5) is 0 Å². The molecule has 1 amide bonds. The number of halogens is 2. The van der Waals surface area contributed by atoms with Gasteiger partial charge in [0.2, 0.25) is 5.91 Å². The van der Waals surface area contributed by atoms with Gasteiger partial charge in [-0.3, -0.25) is 9.69 Å². The van der Waals surface area contributed by atoms with Gasteiger partial charge in [0.05, 0.1) is 19.6 Å². The van der Waals surface area contributed by atoms with E-state index in [0.29, 0.717) is 26.2 Å². The van der Waals surface area contributed by atoms with Crippen LogP contribution in [0.3, 0.4) is 0 Å². The first kappa shape index (κ1) is 25.6. The minimum Gasteiger partial charge on any atom is -0.347 e. The second kappa shape index (κ2) is 10.7. The van der Waals surface area contributed by atoms with Crippen molar-refractivity contribution in [3.63, 3.8) is 0 Å². The highest BCUT2D eigenvalue weighted by atomic mass is 79.9. The minimum atomic E-state index is -0.717. The van der Waals surface area contributed by atoms with Gasteiger partial charge in [-0.25, -0.2) is 0 Å². The van der Waals surface area contributed by atoms with Crippen LogP contribution in [0.5, 0.6) is 0 Å². The van der Waals surface area contributed by atoms with E-state index >= 15 is 0 Å². The Bertz CT molecular complexity index is 831. The molecule has 184 valence electrons. The van der Waals surface area contributed by atoms with Gasteiger partial charge in [-0.1, -0.05) is 26.3 Å². The van der Waals surface area contributed by atoms with Gasteiger partial charge in [0, 0.05) is 33.4 Å². The summed E-state index contributed by atoms with van der Waals surface area (Å²) in [4.78, 5) is 18.5. The van der Waals surface area contributed by atoms with Crippen molar-refractivity contribution in [1.82, 2.24) is 9.80 Å². The zero-order chi connectivity index (χ0) is 23.6. The topological polar surface area (TPSA) is 42.0 Å². The highest BCUT2D eigenvalue weighted by molar-refractivity contribution is 9.13. The van der Waals surface area contributed by atoms with Crippen LogP contribution < -0.4 is 0 Å². The SMILES string of the molecule is CCN(C(=O)Cc1ccc(Br)c(Br)c1)C1C(N2CCCC2)CCCCC12OCC(C)(C)CO2. The predicted molar refractivity (Wildman–Crippen MR) is 138 cm³/mol. The van der Waals surface area contributed by atoms with Crippen molar-refractivity contribution in [3.05, 3.63) is 32.7 Å². The van der Waals surface area contributed by atoms with Gasteiger partial charge in [0.25, 0.3) is 0 Å². The normalized spacial score (nSPS) is 27.4. The highest BCUT2D eigenvalue weighted by Crippen LogP contribution is 2.43. The second-order valence-electron chi connectivity index (χ2n) is 10.7. The van der Waals surface area contributed by atoms with Crippen LogP contribution >= 0.6 is 31.9 Å². The largest absolute Gasteiger partial charge is 0.347 e. The summed E-state index contributed by atoms with van der Waals surface area (Å²) in [6.07, 6.45) is 7.02. The third-order valence-corrected chi connectivity index (χ3v) is 9.33. The van der Waals surface area contributed by atoms with Crippen molar-refractivity contribution in [3.8, 4) is 0 Å². The molecule has 1 saturated carbocycles. The zero-order valence-corrected chi connectivity index (χ0v) is 23.4. The molecular weight excluding hydrogens is 548 g/mol. The lowest BCUT2D eigenvalue weighted by Crippen LogP contribution is -2.67. The monoisotopic (exact) mass is 584 g/mol. The third kappa shape index (κ3) is 5.69. The van der Waals surface area contributed by atoms with E-state index in [1.54, 1.807) is 0 Å². The Labute approximate surface area is 215 Å². The molecule has 1 aromatic rings. The summed E-state index contributed by atoms with van der Waals surface area (Å²) in [7, 11) is 0. The van der Waals surface area contributed by atoms with Crippen molar-refractivity contribution in [1.29, 1.82) is 0 Å². The molecule has 1 aromatic carbocycles. The van der Waals surface area contributed by atoms with Crippen LogP contribution in [-0.4, -0.2) is 66.4 Å². The first-order chi connectivity index (χ1) is 15.7. The fourth-order valence-electron chi connectivity index (χ4n) is 5.71. The van der Waals surface area contributed by atoms with E-state index in [1.165, 1.54) is 12.8 Å². The Kier molecular flexibility index (Phi) is 8.27. The fourth-order valence-corrected chi connectivity index (χ4v) is 6.38. The molecule has 2 heterocycles. The lowest BCUT2D eigenvalue weighted by atomic mass is 9.89. The first-order valence-corrected chi connectivity index (χ1v) is 14.1. The number of hydrogen-bond donors (Lipinski definition) is 0. The predicted octanol–water partition coefficient (Wildman–Crippen LogP) is 5.78. The summed E-state index contributed by atoms with van der Waals surface area (Å²) in [5, 5.41) is 0. The zero-order valence-electron chi connectivity index (χ0n) is 20.2. The van der Waals surface area contributed by atoms with Crippen molar-refractivity contribution in [2.24, 2.45) is 5.41 Å². The van der Waals surface area contributed by atoms with E-state index in [9.17, 15) is 4.79 Å². The molecule has 5 nitrogen and oxygen atoms in total. The molecule has 0 N–H and O–H groups in total. The molecule has 7 heteroatoms. The summed E-state index contributed by atoms with van der Waals surface area (Å²) in [5.74, 6) is -0.565. The molecule has 0 radical (unpaired) electrons. The third-order valence-electron chi connectivity index (χ3n) is 7.45. The Morgan fingerprint density at radius 2 is 1.79 bits per heavy atom. The maximum Gasteiger partial charge on any atom is 0.227 e. The number of carbonyl (C=O) groups excluding carboxylic acids is 1. The lowest BCUT2D eigenvalue weighted by Gasteiger charge is -2.53. The van der Waals surface area contributed by atoms with Crippen LogP contribution in [-0.2, 0) is 20.7 Å². The van der Waals surface area contributed by atoms with Crippen molar-refractivity contribution in [2.75, 3.05) is 32.8 Å². The van der Waals surface area contributed by atoms with Crippen LogP contribution in [0.1, 0.15) is 64.9 Å². The Hall–Kier alpha value is -0.470. The van der Waals surface area contributed by atoms with E-state index in [4.69, 9.17) is 9.47 Å². The lowest BCUT2D eigenvalue weighted by molar-refractivity contribution is -0.327. The van der Waals surface area contributed by atoms with Gasteiger partial charge in [0.15, 0.2) is 5.79 Å². The fraction of sp³-hybridized carbons (Fsp3) is 0.731. The molecule has 3 aliphatic rings. The summed E-state index contributed by atoms with van der Waals surface area (Å²) < 4.78 is 15.3. The molecule has 2 unspecified atom stereocenters. The van der Waals surface area contributed by atoms with Crippen LogP contribution in [0.2, 0.25) is 0 Å². The molecule has 2 atom stereocenters. The number of likely N-dealkylation sites (tertiary alicyclic amines) is 1. The maximum atomic E-state index is 13.8. The maximum absolute atomic E-state index is 13.8. The van der Waals surface area contributed by atoms with Gasteiger partial charge in [-0.15, -0.1) is 0 Å². The Morgan fingerprint density at radius 1 is 1.09 bits per heavy atom. The van der Waals surface area contributed by atoms with E-state index in [1.807, 2.05) is 18.2 Å². The van der Waals surface area contributed by atoms with Gasteiger partial charge >= 0.3 is 0 Å². The van der Waals surface area contributed by atoms with Crippen molar-refractivity contribution >= 4 is 37.8 Å². The van der Waals surface area contributed by atoms with E-state index in [0.717, 1.165) is 53.3 Å². The molecule has 2 aliphatic heterocycles. The molecule has 3 fully saturated rings. The van der Waals surface area contributed by atoms with Gasteiger partial charge in [-0.05, 0) is 95.3 Å². The van der Waals surface area contributed by atoms with Crippen LogP contribution in [0, 0.1) is 5.41 Å². The number of carbonyl (C=O) groups is 1. The Morgan fingerprint density at radius 3 is 2.42 bits per heavy atom.